The third-order valence-corrected chi connectivity index (χ3v) is 4.77. The first-order valence-electron chi connectivity index (χ1n) is 8.98. The van der Waals surface area contributed by atoms with E-state index in [1.807, 2.05) is 6.07 Å². The number of alkyl halides is 3. The maximum atomic E-state index is 12.7. The molecular formula is C22H16BrF3N2O3. The van der Waals surface area contributed by atoms with Gasteiger partial charge < -0.3 is 15.4 Å². The number of nitrogens with one attached hydrogen (secondary N) is 2. The second-order valence-corrected chi connectivity index (χ2v) is 7.23. The van der Waals surface area contributed by atoms with E-state index >= 15 is 0 Å². The number of hydrogen-bond donors (Lipinski definition) is 2. The lowest BCUT2D eigenvalue weighted by atomic mass is 10.2. The molecule has 0 fully saturated rings. The number of anilines is 2. The zero-order valence-corrected chi connectivity index (χ0v) is 17.5. The van der Waals surface area contributed by atoms with Gasteiger partial charge >= 0.3 is 6.18 Å². The van der Waals surface area contributed by atoms with Crippen molar-refractivity contribution in [1.29, 1.82) is 0 Å². The van der Waals surface area contributed by atoms with Crippen LogP contribution in [0.15, 0.2) is 77.3 Å². The van der Waals surface area contributed by atoms with Crippen LogP contribution in [-0.4, -0.2) is 18.4 Å². The maximum Gasteiger partial charge on any atom is 0.416 e. The van der Waals surface area contributed by atoms with Gasteiger partial charge in [0.25, 0.3) is 11.8 Å². The topological polar surface area (TPSA) is 67.4 Å². The molecule has 0 unspecified atom stereocenters. The number of carbonyl (C=O) groups is 2. The van der Waals surface area contributed by atoms with Gasteiger partial charge in [0.1, 0.15) is 5.75 Å². The molecule has 0 aliphatic rings. The van der Waals surface area contributed by atoms with E-state index in [9.17, 15) is 22.8 Å². The highest BCUT2D eigenvalue weighted by Crippen LogP contribution is 2.30. The van der Waals surface area contributed by atoms with Gasteiger partial charge in [-0.1, -0.05) is 18.2 Å². The van der Waals surface area contributed by atoms with E-state index in [-0.39, 0.29) is 11.6 Å². The van der Waals surface area contributed by atoms with Crippen molar-refractivity contribution < 1.29 is 27.5 Å². The monoisotopic (exact) mass is 492 g/mol. The Labute approximate surface area is 184 Å². The van der Waals surface area contributed by atoms with Gasteiger partial charge in [-0.2, -0.15) is 13.2 Å². The molecule has 0 aromatic heterocycles. The molecule has 5 nitrogen and oxygen atoms in total. The lowest BCUT2D eigenvalue weighted by Gasteiger charge is -2.11. The Kier molecular flexibility index (Phi) is 6.96. The fraction of sp³-hybridized carbons (Fsp3) is 0.0909. The summed E-state index contributed by atoms with van der Waals surface area (Å²) in [4.78, 5) is 24.3. The molecule has 0 radical (unpaired) electrons. The Hall–Kier alpha value is -3.33. The van der Waals surface area contributed by atoms with Crippen molar-refractivity contribution in [3.8, 4) is 5.75 Å². The van der Waals surface area contributed by atoms with Crippen molar-refractivity contribution in [2.24, 2.45) is 0 Å². The SMILES string of the molecule is O=C(COc1ccc(C(=O)Nc2ccccc2Br)cc1)Nc1cccc(C(F)(F)F)c1. The smallest absolute Gasteiger partial charge is 0.416 e. The van der Waals surface area contributed by atoms with Gasteiger partial charge in [-0.05, 0) is 70.5 Å². The predicted octanol–water partition coefficient (Wildman–Crippen LogP) is 5.74. The maximum absolute atomic E-state index is 12.7. The molecule has 2 amide bonds. The van der Waals surface area contributed by atoms with E-state index in [1.165, 1.54) is 36.4 Å². The summed E-state index contributed by atoms with van der Waals surface area (Å²) in [5.74, 6) is -0.604. The summed E-state index contributed by atoms with van der Waals surface area (Å²) in [6, 6.07) is 17.6. The van der Waals surface area contributed by atoms with Crippen molar-refractivity contribution in [3.63, 3.8) is 0 Å². The van der Waals surface area contributed by atoms with Crippen LogP contribution in [0.1, 0.15) is 15.9 Å². The molecule has 0 saturated carbocycles. The predicted molar refractivity (Wildman–Crippen MR) is 114 cm³/mol. The van der Waals surface area contributed by atoms with Gasteiger partial charge in [0.15, 0.2) is 6.61 Å². The Morgan fingerprint density at radius 1 is 0.903 bits per heavy atom. The van der Waals surface area contributed by atoms with Crippen LogP contribution in [0.2, 0.25) is 0 Å². The second-order valence-electron chi connectivity index (χ2n) is 6.37. The highest BCUT2D eigenvalue weighted by Gasteiger charge is 2.30. The highest BCUT2D eigenvalue weighted by atomic mass is 79.9. The minimum atomic E-state index is -4.50. The van der Waals surface area contributed by atoms with Gasteiger partial charge in [0, 0.05) is 15.7 Å². The number of rotatable bonds is 6. The third-order valence-electron chi connectivity index (χ3n) is 4.08. The third kappa shape index (κ3) is 6.32. The fourth-order valence-electron chi connectivity index (χ4n) is 2.58. The van der Waals surface area contributed by atoms with Gasteiger partial charge in [0.05, 0.1) is 11.3 Å². The molecule has 160 valence electrons. The van der Waals surface area contributed by atoms with Crippen LogP contribution in [-0.2, 0) is 11.0 Å². The Morgan fingerprint density at radius 3 is 2.29 bits per heavy atom. The van der Waals surface area contributed by atoms with Crippen LogP contribution in [0.3, 0.4) is 0 Å². The molecule has 31 heavy (non-hydrogen) atoms. The molecule has 2 N–H and O–H groups in total. The average molecular weight is 493 g/mol. The molecular weight excluding hydrogens is 477 g/mol. The molecule has 0 bridgehead atoms. The summed E-state index contributed by atoms with van der Waals surface area (Å²) in [5, 5.41) is 5.12. The van der Waals surface area contributed by atoms with E-state index in [0.717, 1.165) is 16.6 Å². The molecule has 0 saturated heterocycles. The standard InChI is InChI=1S/C22H16BrF3N2O3/c23-18-6-1-2-7-19(18)28-21(30)14-8-10-17(11-9-14)31-13-20(29)27-16-5-3-4-15(12-16)22(24,25)26/h1-12H,13H2,(H,27,29)(H,28,30). The van der Waals surface area contributed by atoms with Crippen molar-refractivity contribution in [3.05, 3.63) is 88.4 Å². The Balaban J connectivity index is 1.54. The molecule has 0 heterocycles. The molecule has 3 aromatic carbocycles. The minimum Gasteiger partial charge on any atom is -0.484 e. The molecule has 9 heteroatoms. The zero-order valence-electron chi connectivity index (χ0n) is 15.9. The van der Waals surface area contributed by atoms with Crippen LogP contribution in [0.5, 0.6) is 5.75 Å². The van der Waals surface area contributed by atoms with Crippen molar-refractivity contribution >= 4 is 39.1 Å². The molecule has 0 aliphatic heterocycles. The first-order chi connectivity index (χ1) is 14.7. The normalized spacial score (nSPS) is 11.0. The van der Waals surface area contributed by atoms with Gasteiger partial charge in [-0.3, -0.25) is 9.59 Å². The fourth-order valence-corrected chi connectivity index (χ4v) is 2.96. The minimum absolute atomic E-state index is 0.0162. The van der Waals surface area contributed by atoms with Crippen LogP contribution in [0, 0.1) is 0 Å². The lowest BCUT2D eigenvalue weighted by Crippen LogP contribution is -2.20. The number of hydrogen-bond acceptors (Lipinski definition) is 3. The summed E-state index contributed by atoms with van der Waals surface area (Å²) in [6.07, 6.45) is -4.50. The van der Waals surface area contributed by atoms with Crippen molar-refractivity contribution in [2.75, 3.05) is 17.2 Å². The number of para-hydroxylation sites is 1. The summed E-state index contributed by atoms with van der Waals surface area (Å²) >= 11 is 3.35. The molecule has 0 spiro atoms. The molecule has 0 aliphatic carbocycles. The highest BCUT2D eigenvalue weighted by molar-refractivity contribution is 9.10. The number of ether oxygens (including phenoxy) is 1. The number of carbonyl (C=O) groups excluding carboxylic acids is 2. The van der Waals surface area contributed by atoms with Crippen molar-refractivity contribution in [1.82, 2.24) is 0 Å². The Morgan fingerprint density at radius 2 is 1.61 bits per heavy atom. The van der Waals surface area contributed by atoms with Crippen LogP contribution in [0.25, 0.3) is 0 Å². The average Bonchev–Trinajstić information content (AvgIpc) is 2.74. The largest absolute Gasteiger partial charge is 0.484 e. The van der Waals surface area contributed by atoms with E-state index in [2.05, 4.69) is 26.6 Å². The first-order valence-corrected chi connectivity index (χ1v) is 9.77. The summed E-state index contributed by atoms with van der Waals surface area (Å²) in [5.41, 5.74) is 0.167. The van der Waals surface area contributed by atoms with Crippen LogP contribution >= 0.6 is 15.9 Å². The molecule has 0 atom stereocenters. The number of halogens is 4. The van der Waals surface area contributed by atoms with E-state index in [4.69, 9.17) is 4.74 Å². The zero-order chi connectivity index (χ0) is 22.4. The quantitative estimate of drug-likeness (QED) is 0.461. The van der Waals surface area contributed by atoms with Gasteiger partial charge in [0.2, 0.25) is 0 Å². The summed E-state index contributed by atoms with van der Waals surface area (Å²) < 4.78 is 44.3. The number of amides is 2. The second kappa shape index (κ2) is 9.65. The molecule has 3 aromatic rings. The van der Waals surface area contributed by atoms with Crippen LogP contribution < -0.4 is 15.4 Å². The van der Waals surface area contributed by atoms with Crippen LogP contribution in [0.4, 0.5) is 24.5 Å². The lowest BCUT2D eigenvalue weighted by molar-refractivity contribution is -0.137. The van der Waals surface area contributed by atoms with Gasteiger partial charge in [-0.25, -0.2) is 0 Å². The molecule has 3 rings (SSSR count). The van der Waals surface area contributed by atoms with Crippen molar-refractivity contribution in [2.45, 2.75) is 6.18 Å². The summed E-state index contributed by atoms with van der Waals surface area (Å²) in [7, 11) is 0. The van der Waals surface area contributed by atoms with E-state index in [0.29, 0.717) is 17.0 Å². The first kappa shape index (κ1) is 22.4. The number of benzene rings is 3. The van der Waals surface area contributed by atoms with E-state index in [1.54, 1.807) is 18.2 Å². The van der Waals surface area contributed by atoms with E-state index < -0.39 is 24.3 Å². The van der Waals surface area contributed by atoms with Gasteiger partial charge in [-0.15, -0.1) is 0 Å². The summed E-state index contributed by atoms with van der Waals surface area (Å²) in [6.45, 7) is -0.404. The Bertz CT molecular complexity index is 1090.